The molecular weight excluding hydrogens is 254 g/mol. The molecule has 1 aromatic heterocycles. The van der Waals surface area contributed by atoms with Crippen LogP contribution in [0.1, 0.15) is 30.5 Å². The second-order valence-corrected chi connectivity index (χ2v) is 4.53. The van der Waals surface area contributed by atoms with Gasteiger partial charge in [0.05, 0.1) is 32.8 Å². The monoisotopic (exact) mass is 275 g/mol. The van der Waals surface area contributed by atoms with Gasteiger partial charge in [0.1, 0.15) is 0 Å². The number of hydrogen-bond donors (Lipinski definition) is 1. The van der Waals surface area contributed by atoms with Crippen LogP contribution in [0.25, 0.3) is 0 Å². The average molecular weight is 275 g/mol. The summed E-state index contributed by atoms with van der Waals surface area (Å²) < 4.78 is 16.1. The van der Waals surface area contributed by atoms with Crippen molar-refractivity contribution in [1.29, 1.82) is 0 Å². The summed E-state index contributed by atoms with van der Waals surface area (Å²) in [5.74, 6) is 1.49. The summed E-state index contributed by atoms with van der Waals surface area (Å²) in [5, 5.41) is 3.52. The van der Waals surface area contributed by atoms with Crippen LogP contribution in [0.3, 0.4) is 0 Å². The van der Waals surface area contributed by atoms with Crippen LogP contribution in [-0.4, -0.2) is 20.8 Å². The summed E-state index contributed by atoms with van der Waals surface area (Å²) in [5.41, 5.74) is 2.12. The van der Waals surface area contributed by atoms with Gasteiger partial charge in [-0.2, -0.15) is 0 Å². The van der Waals surface area contributed by atoms with Crippen molar-refractivity contribution in [2.45, 2.75) is 19.4 Å². The van der Waals surface area contributed by atoms with Crippen molar-refractivity contribution in [2.24, 2.45) is 0 Å². The Morgan fingerprint density at radius 1 is 1.20 bits per heavy atom. The summed E-state index contributed by atoms with van der Waals surface area (Å²) in [6.07, 6.45) is 4.50. The molecule has 0 aliphatic rings. The molecule has 2 aromatic rings. The third kappa shape index (κ3) is 2.96. The second kappa shape index (κ2) is 7.01. The summed E-state index contributed by atoms with van der Waals surface area (Å²) in [6, 6.07) is 7.90. The molecule has 108 valence electrons. The number of methoxy groups -OCH3 is 2. The number of rotatable bonds is 7. The number of para-hydroxylation sites is 1. The maximum Gasteiger partial charge on any atom is 0.165 e. The van der Waals surface area contributed by atoms with Crippen molar-refractivity contribution in [3.63, 3.8) is 0 Å². The Kier molecular flexibility index (Phi) is 5.07. The summed E-state index contributed by atoms with van der Waals surface area (Å²) in [4.78, 5) is 0. The standard InChI is InChI=1S/C16H21NO3/c1-4-9-17-15(12-8-10-20-11-12)13-6-5-7-14(18-2)16(13)19-3/h5-8,10-11,15,17H,4,9H2,1-3H3. The molecule has 0 fully saturated rings. The van der Waals surface area contributed by atoms with Crippen LogP contribution in [0.2, 0.25) is 0 Å². The fourth-order valence-corrected chi connectivity index (χ4v) is 2.27. The Morgan fingerprint density at radius 3 is 2.65 bits per heavy atom. The fourth-order valence-electron chi connectivity index (χ4n) is 2.27. The largest absolute Gasteiger partial charge is 0.493 e. The lowest BCUT2D eigenvalue weighted by molar-refractivity contribution is 0.348. The molecule has 0 radical (unpaired) electrons. The molecule has 0 saturated carbocycles. The van der Waals surface area contributed by atoms with Crippen molar-refractivity contribution in [1.82, 2.24) is 5.32 Å². The van der Waals surface area contributed by atoms with E-state index in [1.165, 1.54) is 0 Å². The van der Waals surface area contributed by atoms with Gasteiger partial charge >= 0.3 is 0 Å². The van der Waals surface area contributed by atoms with Gasteiger partial charge in [0, 0.05) is 11.1 Å². The van der Waals surface area contributed by atoms with E-state index in [4.69, 9.17) is 13.9 Å². The van der Waals surface area contributed by atoms with E-state index in [-0.39, 0.29) is 6.04 Å². The summed E-state index contributed by atoms with van der Waals surface area (Å²) in [6.45, 7) is 3.05. The predicted molar refractivity (Wildman–Crippen MR) is 78.4 cm³/mol. The molecule has 1 unspecified atom stereocenters. The van der Waals surface area contributed by atoms with Crippen molar-refractivity contribution in [3.8, 4) is 11.5 Å². The third-order valence-corrected chi connectivity index (χ3v) is 3.22. The van der Waals surface area contributed by atoms with E-state index < -0.39 is 0 Å². The number of nitrogens with one attached hydrogen (secondary N) is 1. The molecule has 0 spiro atoms. The molecule has 1 atom stereocenters. The molecule has 0 amide bonds. The highest BCUT2D eigenvalue weighted by Crippen LogP contribution is 2.37. The van der Waals surface area contributed by atoms with Crippen molar-refractivity contribution in [2.75, 3.05) is 20.8 Å². The highest BCUT2D eigenvalue weighted by Gasteiger charge is 2.21. The second-order valence-electron chi connectivity index (χ2n) is 4.53. The first-order chi connectivity index (χ1) is 9.81. The third-order valence-electron chi connectivity index (χ3n) is 3.22. The number of hydrogen-bond acceptors (Lipinski definition) is 4. The average Bonchev–Trinajstić information content (AvgIpc) is 3.01. The van der Waals surface area contributed by atoms with Crippen LogP contribution < -0.4 is 14.8 Å². The zero-order valence-electron chi connectivity index (χ0n) is 12.2. The maximum absolute atomic E-state index is 5.53. The highest BCUT2D eigenvalue weighted by molar-refractivity contribution is 5.50. The Labute approximate surface area is 119 Å². The first-order valence-electron chi connectivity index (χ1n) is 6.78. The van der Waals surface area contributed by atoms with E-state index in [0.29, 0.717) is 0 Å². The molecule has 1 heterocycles. The van der Waals surface area contributed by atoms with Crippen molar-refractivity contribution >= 4 is 0 Å². The van der Waals surface area contributed by atoms with E-state index in [1.54, 1.807) is 26.7 Å². The Hall–Kier alpha value is -1.94. The lowest BCUT2D eigenvalue weighted by Crippen LogP contribution is -2.23. The van der Waals surface area contributed by atoms with E-state index in [1.807, 2.05) is 24.3 Å². The minimum Gasteiger partial charge on any atom is -0.493 e. The van der Waals surface area contributed by atoms with Crippen LogP contribution in [0.15, 0.2) is 41.2 Å². The number of ether oxygens (including phenoxy) is 2. The molecule has 2 rings (SSSR count). The van der Waals surface area contributed by atoms with Crippen LogP contribution >= 0.6 is 0 Å². The van der Waals surface area contributed by atoms with Crippen LogP contribution in [0.4, 0.5) is 0 Å². The van der Waals surface area contributed by atoms with Gasteiger partial charge in [-0.15, -0.1) is 0 Å². The highest BCUT2D eigenvalue weighted by atomic mass is 16.5. The summed E-state index contributed by atoms with van der Waals surface area (Å²) >= 11 is 0. The minimum absolute atomic E-state index is 0.0266. The molecule has 1 aromatic carbocycles. The lowest BCUT2D eigenvalue weighted by atomic mass is 9.99. The lowest BCUT2D eigenvalue weighted by Gasteiger charge is -2.21. The van der Waals surface area contributed by atoms with E-state index in [2.05, 4.69) is 12.2 Å². The van der Waals surface area contributed by atoms with Crippen LogP contribution in [-0.2, 0) is 0 Å². The van der Waals surface area contributed by atoms with Gasteiger partial charge < -0.3 is 19.2 Å². The molecule has 20 heavy (non-hydrogen) atoms. The number of furan rings is 1. The first-order valence-corrected chi connectivity index (χ1v) is 6.78. The van der Waals surface area contributed by atoms with E-state index in [0.717, 1.165) is 35.6 Å². The molecule has 0 aliphatic carbocycles. The Bertz CT molecular complexity index is 523. The van der Waals surface area contributed by atoms with Gasteiger partial charge in [0.2, 0.25) is 0 Å². The quantitative estimate of drug-likeness (QED) is 0.841. The minimum atomic E-state index is 0.0266. The first kappa shape index (κ1) is 14.5. The van der Waals surface area contributed by atoms with Gasteiger partial charge in [0.25, 0.3) is 0 Å². The van der Waals surface area contributed by atoms with Gasteiger partial charge in [0.15, 0.2) is 11.5 Å². The molecule has 4 nitrogen and oxygen atoms in total. The van der Waals surface area contributed by atoms with Crippen LogP contribution in [0.5, 0.6) is 11.5 Å². The molecular formula is C16H21NO3. The zero-order chi connectivity index (χ0) is 14.4. The van der Waals surface area contributed by atoms with Crippen molar-refractivity contribution < 1.29 is 13.9 Å². The molecule has 0 saturated heterocycles. The van der Waals surface area contributed by atoms with Crippen molar-refractivity contribution in [3.05, 3.63) is 47.9 Å². The Morgan fingerprint density at radius 2 is 2.05 bits per heavy atom. The van der Waals surface area contributed by atoms with Gasteiger partial charge in [-0.25, -0.2) is 0 Å². The molecule has 0 aliphatic heterocycles. The van der Waals surface area contributed by atoms with Gasteiger partial charge in [-0.1, -0.05) is 19.1 Å². The SMILES string of the molecule is CCCNC(c1ccoc1)c1cccc(OC)c1OC. The zero-order valence-corrected chi connectivity index (χ0v) is 12.2. The van der Waals surface area contributed by atoms with Gasteiger partial charge in [-0.05, 0) is 25.1 Å². The topological polar surface area (TPSA) is 43.6 Å². The summed E-state index contributed by atoms with van der Waals surface area (Å²) in [7, 11) is 3.31. The van der Waals surface area contributed by atoms with E-state index >= 15 is 0 Å². The van der Waals surface area contributed by atoms with E-state index in [9.17, 15) is 0 Å². The smallest absolute Gasteiger partial charge is 0.165 e. The maximum atomic E-state index is 5.53. The normalized spacial score (nSPS) is 12.2. The number of benzene rings is 1. The van der Waals surface area contributed by atoms with Crippen LogP contribution in [0, 0.1) is 0 Å². The molecule has 0 bridgehead atoms. The molecule has 4 heteroatoms. The molecule has 1 N–H and O–H groups in total. The Balaban J connectivity index is 2.43. The predicted octanol–water partition coefficient (Wildman–Crippen LogP) is 3.39. The van der Waals surface area contributed by atoms with Gasteiger partial charge in [-0.3, -0.25) is 0 Å². The fraction of sp³-hybridized carbons (Fsp3) is 0.375.